The van der Waals surface area contributed by atoms with E-state index in [9.17, 15) is 4.79 Å². The van der Waals surface area contributed by atoms with Crippen LogP contribution in [0.1, 0.15) is 19.8 Å². The number of rotatable bonds is 5. The molecule has 1 aromatic heterocycles. The smallest absolute Gasteiger partial charge is 0.404 e. The summed E-state index contributed by atoms with van der Waals surface area (Å²) >= 11 is 7.66. The third-order valence-electron chi connectivity index (χ3n) is 4.64. The van der Waals surface area contributed by atoms with Crippen molar-refractivity contribution < 1.29 is 9.53 Å². The molecule has 0 saturated carbocycles. The fourth-order valence-corrected chi connectivity index (χ4v) is 3.94. The van der Waals surface area contributed by atoms with Crippen LogP contribution in [0, 0.1) is 5.41 Å². The number of hydrogen-bond acceptors (Lipinski definition) is 7. The summed E-state index contributed by atoms with van der Waals surface area (Å²) in [5.74, 6) is 0.834. The lowest BCUT2D eigenvalue weighted by Gasteiger charge is -2.39. The second-order valence-corrected chi connectivity index (χ2v) is 8.38. The van der Waals surface area contributed by atoms with E-state index < -0.39 is 6.09 Å². The zero-order chi connectivity index (χ0) is 19.4. The van der Waals surface area contributed by atoms with Crippen molar-refractivity contribution in [2.45, 2.75) is 29.7 Å². The lowest BCUT2D eigenvalue weighted by atomic mass is 9.81. The first-order chi connectivity index (χ1) is 12.8. The first-order valence-electron chi connectivity index (χ1n) is 8.57. The zero-order valence-electron chi connectivity index (χ0n) is 15.0. The second-order valence-electron chi connectivity index (χ2n) is 6.91. The van der Waals surface area contributed by atoms with Crippen LogP contribution in [0.3, 0.4) is 0 Å². The van der Waals surface area contributed by atoms with Gasteiger partial charge in [-0.05, 0) is 31.0 Å². The van der Waals surface area contributed by atoms with Gasteiger partial charge in [0.2, 0.25) is 0 Å². The van der Waals surface area contributed by atoms with Crippen LogP contribution < -0.4 is 16.4 Å². The molecule has 2 heterocycles. The zero-order valence-corrected chi connectivity index (χ0v) is 16.6. The van der Waals surface area contributed by atoms with Crippen LogP contribution in [0.2, 0.25) is 5.02 Å². The molecule has 0 spiro atoms. The normalized spacial score (nSPS) is 16.1. The van der Waals surface area contributed by atoms with Crippen molar-refractivity contribution in [2.24, 2.45) is 11.1 Å². The molecule has 1 aromatic carbocycles. The number of carbonyl (C=O) groups is 1. The fourth-order valence-electron chi connectivity index (χ4n) is 2.90. The molecule has 1 amide bonds. The van der Waals surface area contributed by atoms with Crippen LogP contribution in [-0.4, -0.2) is 35.8 Å². The van der Waals surface area contributed by atoms with Gasteiger partial charge in [0.25, 0.3) is 0 Å². The minimum absolute atomic E-state index is 0.0549. The summed E-state index contributed by atoms with van der Waals surface area (Å²) in [4.78, 5) is 22.9. The predicted octanol–water partition coefficient (Wildman–Crippen LogP) is 3.57. The van der Waals surface area contributed by atoms with Gasteiger partial charge in [-0.2, -0.15) is 0 Å². The molecule has 144 valence electrons. The highest BCUT2D eigenvalue weighted by molar-refractivity contribution is 7.99. The van der Waals surface area contributed by atoms with Gasteiger partial charge in [-0.3, -0.25) is 0 Å². The van der Waals surface area contributed by atoms with Crippen LogP contribution in [0.4, 0.5) is 16.3 Å². The van der Waals surface area contributed by atoms with E-state index in [-0.39, 0.29) is 5.41 Å². The maximum Gasteiger partial charge on any atom is 0.404 e. The van der Waals surface area contributed by atoms with Gasteiger partial charge in [0.1, 0.15) is 10.8 Å². The number of piperidine rings is 1. The SMILES string of the molecule is CC1(COC(N)=O)CCN(c2cnc(Sc3ccc(N)cc3Cl)cn2)CC1. The van der Waals surface area contributed by atoms with Gasteiger partial charge in [0.15, 0.2) is 0 Å². The summed E-state index contributed by atoms with van der Waals surface area (Å²) < 4.78 is 4.99. The Morgan fingerprint density at radius 1 is 1.33 bits per heavy atom. The molecule has 1 fully saturated rings. The minimum Gasteiger partial charge on any atom is -0.449 e. The lowest BCUT2D eigenvalue weighted by Crippen LogP contribution is -2.42. The molecule has 9 heteroatoms. The Morgan fingerprint density at radius 2 is 2.07 bits per heavy atom. The van der Waals surface area contributed by atoms with Gasteiger partial charge >= 0.3 is 6.09 Å². The number of nitrogens with two attached hydrogens (primary N) is 2. The Morgan fingerprint density at radius 3 is 2.67 bits per heavy atom. The number of anilines is 2. The third-order valence-corrected chi connectivity index (χ3v) is 6.06. The van der Waals surface area contributed by atoms with E-state index in [0.29, 0.717) is 17.3 Å². The number of benzene rings is 1. The van der Waals surface area contributed by atoms with Crippen molar-refractivity contribution in [2.75, 3.05) is 30.3 Å². The van der Waals surface area contributed by atoms with Crippen LogP contribution in [0.25, 0.3) is 0 Å². The molecule has 0 bridgehead atoms. The van der Waals surface area contributed by atoms with Crippen LogP contribution in [-0.2, 0) is 4.74 Å². The molecule has 2 aromatic rings. The van der Waals surface area contributed by atoms with Crippen LogP contribution in [0.5, 0.6) is 0 Å². The highest BCUT2D eigenvalue weighted by Crippen LogP contribution is 2.35. The summed E-state index contributed by atoms with van der Waals surface area (Å²) in [6.45, 7) is 4.10. The first-order valence-corrected chi connectivity index (χ1v) is 9.76. The Balaban J connectivity index is 1.59. The summed E-state index contributed by atoms with van der Waals surface area (Å²) in [6.07, 6.45) is 4.57. The summed E-state index contributed by atoms with van der Waals surface area (Å²) in [6, 6.07) is 5.40. The third kappa shape index (κ3) is 5.17. The molecule has 0 radical (unpaired) electrons. The number of primary amides is 1. The number of nitrogen functional groups attached to an aromatic ring is 1. The maximum absolute atomic E-state index is 10.8. The Hall–Kier alpha value is -2.19. The molecule has 0 aliphatic carbocycles. The van der Waals surface area contributed by atoms with Crippen LogP contribution in [0.15, 0.2) is 40.5 Å². The van der Waals surface area contributed by atoms with Gasteiger partial charge < -0.3 is 21.1 Å². The molecule has 0 atom stereocenters. The van der Waals surface area contributed by atoms with Crippen LogP contribution >= 0.6 is 23.4 Å². The summed E-state index contributed by atoms with van der Waals surface area (Å²) in [5.41, 5.74) is 11.4. The molecule has 0 unspecified atom stereocenters. The van der Waals surface area contributed by atoms with Crippen molar-refractivity contribution in [1.82, 2.24) is 9.97 Å². The molecule has 1 saturated heterocycles. The van der Waals surface area contributed by atoms with Crippen molar-refractivity contribution >= 4 is 41.0 Å². The Labute approximate surface area is 167 Å². The quantitative estimate of drug-likeness (QED) is 0.729. The number of ether oxygens (including phenoxy) is 1. The average Bonchev–Trinajstić information content (AvgIpc) is 2.64. The average molecular weight is 408 g/mol. The van der Waals surface area contributed by atoms with Gasteiger partial charge in [-0.1, -0.05) is 30.3 Å². The second kappa shape index (κ2) is 8.22. The van der Waals surface area contributed by atoms with Crippen molar-refractivity contribution in [3.8, 4) is 0 Å². The maximum atomic E-state index is 10.8. The van der Waals surface area contributed by atoms with E-state index in [4.69, 9.17) is 27.8 Å². The highest BCUT2D eigenvalue weighted by atomic mass is 35.5. The Bertz CT molecular complexity index is 810. The number of amides is 1. The summed E-state index contributed by atoms with van der Waals surface area (Å²) in [5, 5.41) is 1.36. The van der Waals surface area contributed by atoms with E-state index in [1.54, 1.807) is 18.5 Å². The Kier molecular flexibility index (Phi) is 5.96. The van der Waals surface area contributed by atoms with Gasteiger partial charge in [0, 0.05) is 29.1 Å². The van der Waals surface area contributed by atoms with E-state index in [2.05, 4.69) is 21.8 Å². The number of halogens is 1. The molecule has 1 aliphatic heterocycles. The topological polar surface area (TPSA) is 107 Å². The van der Waals surface area contributed by atoms with E-state index in [0.717, 1.165) is 41.7 Å². The molecule has 3 rings (SSSR count). The van der Waals surface area contributed by atoms with Crippen molar-refractivity contribution in [3.63, 3.8) is 0 Å². The standard InChI is InChI=1S/C18H22ClN5O2S/c1-18(11-26-17(21)25)4-6-24(7-5-18)15-9-23-16(10-22-15)27-14-3-2-12(20)8-13(14)19/h2-3,8-10H,4-7,11,20H2,1H3,(H2,21,25). The van der Waals surface area contributed by atoms with E-state index in [1.807, 2.05) is 12.1 Å². The molecule has 27 heavy (non-hydrogen) atoms. The minimum atomic E-state index is -0.723. The van der Waals surface area contributed by atoms with Crippen molar-refractivity contribution in [1.29, 1.82) is 0 Å². The number of carbonyl (C=O) groups excluding carboxylic acids is 1. The largest absolute Gasteiger partial charge is 0.449 e. The fraction of sp³-hybridized carbons (Fsp3) is 0.389. The molecular formula is C18H22ClN5O2S. The van der Waals surface area contributed by atoms with E-state index in [1.165, 1.54) is 11.8 Å². The molecule has 4 N–H and O–H groups in total. The molecule has 1 aliphatic rings. The highest BCUT2D eigenvalue weighted by Gasteiger charge is 2.31. The lowest BCUT2D eigenvalue weighted by molar-refractivity contribution is 0.0818. The van der Waals surface area contributed by atoms with Gasteiger partial charge in [-0.25, -0.2) is 14.8 Å². The number of nitrogens with zero attached hydrogens (tertiary/aromatic N) is 3. The van der Waals surface area contributed by atoms with Gasteiger partial charge in [0.05, 0.1) is 24.0 Å². The molecule has 7 nitrogen and oxygen atoms in total. The monoisotopic (exact) mass is 407 g/mol. The van der Waals surface area contributed by atoms with Gasteiger partial charge in [-0.15, -0.1) is 0 Å². The van der Waals surface area contributed by atoms with Crippen molar-refractivity contribution in [3.05, 3.63) is 35.6 Å². The summed E-state index contributed by atoms with van der Waals surface area (Å²) in [7, 11) is 0. The van der Waals surface area contributed by atoms with E-state index >= 15 is 0 Å². The number of aromatic nitrogens is 2. The first kappa shape index (κ1) is 19.6. The predicted molar refractivity (Wildman–Crippen MR) is 107 cm³/mol. The molecular weight excluding hydrogens is 386 g/mol. The number of hydrogen-bond donors (Lipinski definition) is 2.